The smallest absolute Gasteiger partial charge is 0.0782 e. The average molecular weight is 311 g/mol. The lowest BCUT2D eigenvalue weighted by atomic mass is 9.93. The standard InChI is InChI=1S/C15H10Cl3N/c16-12-6-4-10(5-7-12)8-11(9-19)15-13(17)2-1-3-14(15)18/h1-7,11H,8H2/t11-/m1/s1. The Hall–Kier alpha value is -1.20. The van der Waals surface area contributed by atoms with Gasteiger partial charge in [-0.25, -0.2) is 0 Å². The third-order valence-electron chi connectivity index (χ3n) is 2.86. The molecule has 0 aromatic heterocycles. The fourth-order valence-electron chi connectivity index (χ4n) is 1.91. The molecule has 0 saturated heterocycles. The van der Waals surface area contributed by atoms with E-state index in [2.05, 4.69) is 6.07 Å². The van der Waals surface area contributed by atoms with Crippen molar-refractivity contribution in [2.24, 2.45) is 0 Å². The molecule has 1 atom stereocenters. The van der Waals surface area contributed by atoms with Crippen LogP contribution >= 0.6 is 34.8 Å². The number of hydrogen-bond donors (Lipinski definition) is 0. The normalized spacial score (nSPS) is 11.9. The van der Waals surface area contributed by atoms with Gasteiger partial charge in [-0.2, -0.15) is 5.26 Å². The largest absolute Gasteiger partial charge is 0.198 e. The molecule has 96 valence electrons. The van der Waals surface area contributed by atoms with Gasteiger partial charge in [-0.3, -0.25) is 0 Å². The molecule has 0 aliphatic rings. The van der Waals surface area contributed by atoms with Gasteiger partial charge in [0.1, 0.15) is 0 Å². The van der Waals surface area contributed by atoms with Crippen molar-refractivity contribution in [3.8, 4) is 6.07 Å². The van der Waals surface area contributed by atoms with Gasteiger partial charge >= 0.3 is 0 Å². The fraction of sp³-hybridized carbons (Fsp3) is 0.133. The van der Waals surface area contributed by atoms with Crippen molar-refractivity contribution in [1.29, 1.82) is 5.26 Å². The first-order valence-corrected chi connectivity index (χ1v) is 6.83. The summed E-state index contributed by atoms with van der Waals surface area (Å²) in [4.78, 5) is 0. The van der Waals surface area contributed by atoms with Gasteiger partial charge in [0, 0.05) is 20.6 Å². The highest BCUT2D eigenvalue weighted by Crippen LogP contribution is 2.33. The van der Waals surface area contributed by atoms with Crippen LogP contribution < -0.4 is 0 Å². The first-order valence-electron chi connectivity index (χ1n) is 5.70. The van der Waals surface area contributed by atoms with E-state index in [0.29, 0.717) is 27.1 Å². The van der Waals surface area contributed by atoms with Gasteiger partial charge in [0.15, 0.2) is 0 Å². The third kappa shape index (κ3) is 3.42. The molecule has 0 fully saturated rings. The first kappa shape index (κ1) is 14.2. The zero-order valence-corrected chi connectivity index (χ0v) is 12.2. The van der Waals surface area contributed by atoms with Crippen LogP contribution in [0.3, 0.4) is 0 Å². The minimum Gasteiger partial charge on any atom is -0.198 e. The molecule has 0 bridgehead atoms. The van der Waals surface area contributed by atoms with Crippen molar-refractivity contribution in [2.45, 2.75) is 12.3 Å². The molecular weight excluding hydrogens is 301 g/mol. The van der Waals surface area contributed by atoms with Crippen LogP contribution in [0.25, 0.3) is 0 Å². The Bertz CT molecular complexity index is 594. The maximum Gasteiger partial charge on any atom is 0.0782 e. The summed E-state index contributed by atoms with van der Waals surface area (Å²) in [6.07, 6.45) is 0.553. The van der Waals surface area contributed by atoms with Gasteiger partial charge in [-0.15, -0.1) is 0 Å². The lowest BCUT2D eigenvalue weighted by molar-refractivity contribution is 0.849. The Kier molecular flexibility index (Phi) is 4.71. The summed E-state index contributed by atoms with van der Waals surface area (Å²) in [5, 5.41) is 11.1. The molecular formula is C15H10Cl3N. The molecule has 0 N–H and O–H groups in total. The predicted octanol–water partition coefficient (Wildman–Crippen LogP) is 5.50. The van der Waals surface area contributed by atoms with Crippen molar-refractivity contribution in [3.63, 3.8) is 0 Å². The van der Waals surface area contributed by atoms with E-state index in [-0.39, 0.29) is 5.92 Å². The van der Waals surface area contributed by atoms with Crippen LogP contribution in [0, 0.1) is 11.3 Å². The topological polar surface area (TPSA) is 23.8 Å². The Balaban J connectivity index is 2.31. The Labute approximate surface area is 127 Å². The SMILES string of the molecule is N#C[C@@H](Cc1ccc(Cl)cc1)c1c(Cl)cccc1Cl. The minimum atomic E-state index is -0.373. The molecule has 19 heavy (non-hydrogen) atoms. The second kappa shape index (κ2) is 6.30. The fourth-order valence-corrected chi connectivity index (χ4v) is 2.70. The maximum absolute atomic E-state index is 9.35. The van der Waals surface area contributed by atoms with Crippen LogP contribution in [0.2, 0.25) is 15.1 Å². The van der Waals surface area contributed by atoms with Gasteiger partial charge in [0.05, 0.1) is 12.0 Å². The molecule has 0 spiro atoms. The van der Waals surface area contributed by atoms with Crippen molar-refractivity contribution in [2.75, 3.05) is 0 Å². The van der Waals surface area contributed by atoms with Gasteiger partial charge in [0.25, 0.3) is 0 Å². The van der Waals surface area contributed by atoms with E-state index in [1.54, 1.807) is 30.3 Å². The maximum atomic E-state index is 9.35. The predicted molar refractivity (Wildman–Crippen MR) is 80.0 cm³/mol. The second-order valence-electron chi connectivity index (χ2n) is 4.15. The third-order valence-corrected chi connectivity index (χ3v) is 3.77. The summed E-state index contributed by atoms with van der Waals surface area (Å²) in [5.74, 6) is -0.373. The molecule has 0 unspecified atom stereocenters. The first-order chi connectivity index (χ1) is 9.11. The van der Waals surface area contributed by atoms with Gasteiger partial charge < -0.3 is 0 Å². The van der Waals surface area contributed by atoms with E-state index in [1.807, 2.05) is 12.1 Å². The van der Waals surface area contributed by atoms with Crippen molar-refractivity contribution in [1.82, 2.24) is 0 Å². The highest BCUT2D eigenvalue weighted by atomic mass is 35.5. The van der Waals surface area contributed by atoms with Crippen molar-refractivity contribution >= 4 is 34.8 Å². The van der Waals surface area contributed by atoms with E-state index < -0.39 is 0 Å². The van der Waals surface area contributed by atoms with Crippen molar-refractivity contribution in [3.05, 3.63) is 68.7 Å². The highest BCUT2D eigenvalue weighted by molar-refractivity contribution is 6.36. The number of rotatable bonds is 3. The minimum absolute atomic E-state index is 0.373. The lowest BCUT2D eigenvalue weighted by Gasteiger charge is -2.13. The molecule has 0 aliphatic heterocycles. The molecule has 2 aromatic carbocycles. The van der Waals surface area contributed by atoms with Crippen LogP contribution in [-0.2, 0) is 6.42 Å². The summed E-state index contributed by atoms with van der Waals surface area (Å²) < 4.78 is 0. The van der Waals surface area contributed by atoms with E-state index in [0.717, 1.165) is 5.56 Å². The molecule has 1 nitrogen and oxygen atoms in total. The molecule has 0 heterocycles. The van der Waals surface area contributed by atoms with Crippen LogP contribution in [0.5, 0.6) is 0 Å². The molecule has 2 aromatic rings. The zero-order chi connectivity index (χ0) is 13.8. The van der Waals surface area contributed by atoms with Gasteiger partial charge in [0.2, 0.25) is 0 Å². The molecule has 0 saturated carbocycles. The van der Waals surface area contributed by atoms with Crippen LogP contribution in [-0.4, -0.2) is 0 Å². The summed E-state index contributed by atoms with van der Waals surface area (Å²) in [7, 11) is 0. The summed E-state index contributed by atoms with van der Waals surface area (Å²) >= 11 is 18.1. The van der Waals surface area contributed by atoms with E-state index in [9.17, 15) is 5.26 Å². The number of nitriles is 1. The van der Waals surface area contributed by atoms with Crippen LogP contribution in [0.4, 0.5) is 0 Å². The molecule has 2 rings (SSSR count). The second-order valence-corrected chi connectivity index (χ2v) is 5.40. The zero-order valence-electron chi connectivity index (χ0n) is 9.91. The highest BCUT2D eigenvalue weighted by Gasteiger charge is 2.18. The number of nitrogens with zero attached hydrogens (tertiary/aromatic N) is 1. The molecule has 0 aliphatic carbocycles. The number of benzene rings is 2. The quantitative estimate of drug-likeness (QED) is 0.734. The van der Waals surface area contributed by atoms with Crippen LogP contribution in [0.15, 0.2) is 42.5 Å². The summed E-state index contributed by atoms with van der Waals surface area (Å²) in [6.45, 7) is 0. The van der Waals surface area contributed by atoms with E-state index >= 15 is 0 Å². The van der Waals surface area contributed by atoms with Gasteiger partial charge in [-0.05, 0) is 36.2 Å². The Morgan fingerprint density at radius 1 is 0.947 bits per heavy atom. The number of hydrogen-bond acceptors (Lipinski definition) is 1. The Morgan fingerprint density at radius 2 is 1.53 bits per heavy atom. The molecule has 0 radical (unpaired) electrons. The van der Waals surface area contributed by atoms with E-state index in [1.165, 1.54) is 0 Å². The molecule has 4 heteroatoms. The van der Waals surface area contributed by atoms with E-state index in [4.69, 9.17) is 34.8 Å². The van der Waals surface area contributed by atoms with Gasteiger partial charge in [-0.1, -0.05) is 53.0 Å². The number of halogens is 3. The lowest BCUT2D eigenvalue weighted by Crippen LogP contribution is -2.02. The van der Waals surface area contributed by atoms with Crippen molar-refractivity contribution < 1.29 is 0 Å². The Morgan fingerprint density at radius 3 is 2.05 bits per heavy atom. The molecule has 0 amide bonds. The summed E-state index contributed by atoms with van der Waals surface area (Å²) in [6, 6.07) is 14.9. The van der Waals surface area contributed by atoms with Crippen LogP contribution in [0.1, 0.15) is 17.0 Å². The summed E-state index contributed by atoms with van der Waals surface area (Å²) in [5.41, 5.74) is 1.70. The average Bonchev–Trinajstić information content (AvgIpc) is 2.39. The monoisotopic (exact) mass is 309 g/mol.